The summed E-state index contributed by atoms with van der Waals surface area (Å²) in [7, 11) is 1.47. The highest BCUT2D eigenvalue weighted by atomic mass is 19.4. The first kappa shape index (κ1) is 18.9. The molecule has 0 fully saturated rings. The van der Waals surface area contributed by atoms with E-state index in [-0.39, 0.29) is 5.56 Å². The third-order valence-corrected chi connectivity index (χ3v) is 3.73. The van der Waals surface area contributed by atoms with Crippen LogP contribution in [-0.2, 0) is 10.9 Å². The highest BCUT2D eigenvalue weighted by molar-refractivity contribution is 5.94. The van der Waals surface area contributed by atoms with Gasteiger partial charge in [-0.15, -0.1) is 0 Å². The van der Waals surface area contributed by atoms with Gasteiger partial charge in [0.15, 0.2) is 0 Å². The Labute approximate surface area is 142 Å². The summed E-state index contributed by atoms with van der Waals surface area (Å²) in [6, 6.07) is 10.7. The van der Waals surface area contributed by atoms with E-state index in [2.05, 4.69) is 5.32 Å². The van der Waals surface area contributed by atoms with Crippen molar-refractivity contribution in [1.82, 2.24) is 5.32 Å². The molecule has 2 aromatic carbocycles. The molecule has 134 valence electrons. The van der Waals surface area contributed by atoms with Gasteiger partial charge >= 0.3 is 6.18 Å². The maximum atomic E-state index is 13.3. The quantitative estimate of drug-likeness (QED) is 0.810. The fraction of sp³-hybridized carbons (Fsp3) is 0.278. The Balaban J connectivity index is 2.19. The molecular weight excluding hydrogens is 338 g/mol. The number of carbonyl (C=O) groups is 1. The summed E-state index contributed by atoms with van der Waals surface area (Å²) in [6.07, 6.45) is -5.35. The number of halogens is 4. The Bertz CT molecular complexity index is 732. The molecule has 0 saturated carbocycles. The predicted octanol–water partition coefficient (Wildman–Crippen LogP) is 4.35. The molecule has 0 radical (unpaired) electrons. The standard InChI is InChI=1S/C18H17F4NO2/c1-11(16(25-2)12-6-4-3-5-7-12)23-17(24)13-8-9-15(19)14(10-13)18(20,21)22/h3-11,16H,1-2H3,(H,23,24). The van der Waals surface area contributed by atoms with E-state index in [9.17, 15) is 22.4 Å². The lowest BCUT2D eigenvalue weighted by molar-refractivity contribution is -0.140. The van der Waals surface area contributed by atoms with Crippen molar-refractivity contribution < 1.29 is 27.1 Å². The van der Waals surface area contributed by atoms with E-state index in [0.29, 0.717) is 12.1 Å². The van der Waals surface area contributed by atoms with Crippen molar-refractivity contribution in [2.75, 3.05) is 7.11 Å². The molecule has 0 heterocycles. The molecule has 0 saturated heterocycles. The van der Waals surface area contributed by atoms with Crippen LogP contribution in [0.25, 0.3) is 0 Å². The van der Waals surface area contributed by atoms with Crippen LogP contribution in [0, 0.1) is 5.82 Å². The average molecular weight is 355 g/mol. The molecule has 2 unspecified atom stereocenters. The summed E-state index contributed by atoms with van der Waals surface area (Å²) in [4.78, 5) is 12.2. The normalized spacial score (nSPS) is 14.0. The SMILES string of the molecule is COC(c1ccccc1)C(C)NC(=O)c1ccc(F)c(C(F)(F)F)c1. The molecule has 2 aromatic rings. The molecule has 3 nitrogen and oxygen atoms in total. The van der Waals surface area contributed by atoms with E-state index >= 15 is 0 Å². The molecule has 0 aliphatic heterocycles. The van der Waals surface area contributed by atoms with Gasteiger partial charge in [-0.25, -0.2) is 4.39 Å². The molecule has 1 amide bonds. The fourth-order valence-electron chi connectivity index (χ4n) is 2.52. The van der Waals surface area contributed by atoms with Gasteiger partial charge < -0.3 is 10.1 Å². The van der Waals surface area contributed by atoms with E-state index in [0.717, 1.165) is 11.6 Å². The summed E-state index contributed by atoms with van der Waals surface area (Å²) in [5, 5.41) is 2.59. The van der Waals surface area contributed by atoms with Gasteiger partial charge in [0.25, 0.3) is 5.91 Å². The van der Waals surface area contributed by atoms with Crippen molar-refractivity contribution in [3.05, 3.63) is 71.0 Å². The number of rotatable bonds is 5. The van der Waals surface area contributed by atoms with Crippen LogP contribution in [0.15, 0.2) is 48.5 Å². The molecule has 7 heteroatoms. The minimum absolute atomic E-state index is 0.275. The van der Waals surface area contributed by atoms with Crippen LogP contribution in [0.4, 0.5) is 17.6 Å². The molecule has 0 aliphatic carbocycles. The minimum atomic E-state index is -4.87. The van der Waals surface area contributed by atoms with Gasteiger partial charge in [-0.05, 0) is 30.7 Å². The first-order valence-corrected chi connectivity index (χ1v) is 7.49. The van der Waals surface area contributed by atoms with Gasteiger partial charge in [0, 0.05) is 12.7 Å². The average Bonchev–Trinajstić information content (AvgIpc) is 2.55. The van der Waals surface area contributed by atoms with E-state index in [4.69, 9.17) is 4.74 Å². The molecule has 0 aliphatic rings. The predicted molar refractivity (Wildman–Crippen MR) is 84.5 cm³/mol. The number of methoxy groups -OCH3 is 1. The van der Waals surface area contributed by atoms with E-state index < -0.39 is 35.6 Å². The Morgan fingerprint density at radius 1 is 1.12 bits per heavy atom. The van der Waals surface area contributed by atoms with Crippen LogP contribution < -0.4 is 5.32 Å². The molecule has 25 heavy (non-hydrogen) atoms. The van der Waals surface area contributed by atoms with Crippen LogP contribution in [0.3, 0.4) is 0 Å². The number of nitrogens with one attached hydrogen (secondary N) is 1. The lowest BCUT2D eigenvalue weighted by Crippen LogP contribution is -2.37. The van der Waals surface area contributed by atoms with Crippen LogP contribution in [0.2, 0.25) is 0 Å². The van der Waals surface area contributed by atoms with E-state index in [1.807, 2.05) is 30.3 Å². The molecule has 0 spiro atoms. The van der Waals surface area contributed by atoms with Gasteiger partial charge in [-0.2, -0.15) is 13.2 Å². The van der Waals surface area contributed by atoms with Crippen LogP contribution >= 0.6 is 0 Å². The molecule has 2 atom stereocenters. The Kier molecular flexibility index (Phi) is 5.79. The Hall–Kier alpha value is -2.41. The van der Waals surface area contributed by atoms with Crippen molar-refractivity contribution >= 4 is 5.91 Å². The monoisotopic (exact) mass is 355 g/mol. The molecular formula is C18H17F4NO2. The highest BCUT2D eigenvalue weighted by Crippen LogP contribution is 2.32. The molecule has 0 aromatic heterocycles. The lowest BCUT2D eigenvalue weighted by Gasteiger charge is -2.24. The minimum Gasteiger partial charge on any atom is -0.375 e. The fourth-order valence-corrected chi connectivity index (χ4v) is 2.52. The molecule has 0 bridgehead atoms. The highest BCUT2D eigenvalue weighted by Gasteiger charge is 2.35. The van der Waals surface area contributed by atoms with Crippen LogP contribution in [0.1, 0.15) is 34.5 Å². The number of amides is 1. The second-order valence-corrected chi connectivity index (χ2v) is 5.52. The van der Waals surface area contributed by atoms with E-state index in [1.165, 1.54) is 7.11 Å². The first-order chi connectivity index (χ1) is 11.7. The smallest absolute Gasteiger partial charge is 0.375 e. The van der Waals surface area contributed by atoms with Crippen molar-refractivity contribution in [3.8, 4) is 0 Å². The zero-order valence-corrected chi connectivity index (χ0v) is 13.6. The molecule has 2 rings (SSSR count). The Morgan fingerprint density at radius 3 is 2.32 bits per heavy atom. The van der Waals surface area contributed by atoms with Crippen molar-refractivity contribution in [2.24, 2.45) is 0 Å². The van der Waals surface area contributed by atoms with Crippen molar-refractivity contribution in [3.63, 3.8) is 0 Å². The number of benzene rings is 2. The van der Waals surface area contributed by atoms with Crippen molar-refractivity contribution in [1.29, 1.82) is 0 Å². The van der Waals surface area contributed by atoms with Gasteiger partial charge in [-0.3, -0.25) is 4.79 Å². The number of carbonyl (C=O) groups excluding carboxylic acids is 1. The first-order valence-electron chi connectivity index (χ1n) is 7.49. The van der Waals surface area contributed by atoms with E-state index in [1.54, 1.807) is 6.92 Å². The lowest BCUT2D eigenvalue weighted by atomic mass is 10.0. The van der Waals surface area contributed by atoms with Gasteiger partial charge in [-0.1, -0.05) is 30.3 Å². The summed E-state index contributed by atoms with van der Waals surface area (Å²) in [6.45, 7) is 1.67. The zero-order valence-electron chi connectivity index (χ0n) is 13.6. The second-order valence-electron chi connectivity index (χ2n) is 5.52. The van der Waals surface area contributed by atoms with Crippen LogP contribution in [-0.4, -0.2) is 19.1 Å². The number of ether oxygens (including phenoxy) is 1. The van der Waals surface area contributed by atoms with Crippen molar-refractivity contribution in [2.45, 2.75) is 25.2 Å². The third kappa shape index (κ3) is 4.57. The summed E-state index contributed by atoms with van der Waals surface area (Å²) in [5.41, 5.74) is -0.935. The van der Waals surface area contributed by atoms with Gasteiger partial charge in [0.05, 0.1) is 11.6 Å². The molecule has 1 N–H and O–H groups in total. The maximum absolute atomic E-state index is 13.3. The van der Waals surface area contributed by atoms with Gasteiger partial charge in [0.2, 0.25) is 0 Å². The number of hydrogen-bond donors (Lipinski definition) is 1. The topological polar surface area (TPSA) is 38.3 Å². The summed E-state index contributed by atoms with van der Waals surface area (Å²) < 4.78 is 57.0. The number of hydrogen-bond acceptors (Lipinski definition) is 2. The third-order valence-electron chi connectivity index (χ3n) is 3.73. The van der Waals surface area contributed by atoms with Crippen LogP contribution in [0.5, 0.6) is 0 Å². The van der Waals surface area contributed by atoms with Gasteiger partial charge in [0.1, 0.15) is 11.9 Å². The number of alkyl halides is 3. The maximum Gasteiger partial charge on any atom is 0.419 e. The zero-order chi connectivity index (χ0) is 18.6. The second kappa shape index (κ2) is 7.65. The largest absolute Gasteiger partial charge is 0.419 e. The Morgan fingerprint density at radius 2 is 1.76 bits per heavy atom. The summed E-state index contributed by atoms with van der Waals surface area (Å²) in [5.74, 6) is -2.16. The summed E-state index contributed by atoms with van der Waals surface area (Å²) >= 11 is 0.